The number of amides is 1. The molecule has 2 fully saturated rings. The number of nitrogens with zero attached hydrogens (tertiary/aromatic N) is 1. The zero-order valence-electron chi connectivity index (χ0n) is 13.8. The fourth-order valence-corrected chi connectivity index (χ4v) is 3.46. The van der Waals surface area contributed by atoms with Crippen LogP contribution in [0.25, 0.3) is 0 Å². The van der Waals surface area contributed by atoms with Gasteiger partial charge in [0.25, 0.3) is 0 Å². The van der Waals surface area contributed by atoms with E-state index in [1.54, 1.807) is 0 Å². The number of aliphatic hydroxyl groups excluding tert-OH is 1. The minimum atomic E-state index is 0.0733. The lowest BCUT2D eigenvalue weighted by molar-refractivity contribution is -0.123. The lowest BCUT2D eigenvalue weighted by atomic mass is 9.91. The van der Waals surface area contributed by atoms with Crippen LogP contribution in [-0.2, 0) is 11.3 Å². The van der Waals surface area contributed by atoms with Gasteiger partial charge in [-0.15, -0.1) is 0 Å². The summed E-state index contributed by atoms with van der Waals surface area (Å²) in [4.78, 5) is 14.5. The molecule has 23 heavy (non-hydrogen) atoms. The van der Waals surface area contributed by atoms with Crippen LogP contribution in [0.5, 0.6) is 0 Å². The van der Waals surface area contributed by atoms with E-state index < -0.39 is 0 Å². The monoisotopic (exact) mass is 316 g/mol. The summed E-state index contributed by atoms with van der Waals surface area (Å²) in [5.74, 6) is 1.13. The average molecular weight is 316 g/mol. The van der Waals surface area contributed by atoms with E-state index in [1.165, 1.54) is 18.4 Å². The standard InChI is InChI=1S/C19H28N2O2/c22-14-17-10-11-21(12-16-4-2-1-3-5-16)13-18(17)20-19(23)9-8-15-6-7-15/h1-5,15,17-18,22H,6-14H2,(H,20,23). The van der Waals surface area contributed by atoms with Crippen molar-refractivity contribution in [3.8, 4) is 0 Å². The van der Waals surface area contributed by atoms with Crippen LogP contribution in [0.15, 0.2) is 30.3 Å². The number of hydrogen-bond acceptors (Lipinski definition) is 3. The van der Waals surface area contributed by atoms with Gasteiger partial charge in [-0.2, -0.15) is 0 Å². The molecular weight excluding hydrogens is 288 g/mol. The Bertz CT molecular complexity index is 501. The lowest BCUT2D eigenvalue weighted by Crippen LogP contribution is -2.53. The summed E-state index contributed by atoms with van der Waals surface area (Å²) in [6.45, 7) is 2.88. The Hall–Kier alpha value is -1.39. The molecule has 2 aliphatic rings. The number of rotatable bonds is 7. The second-order valence-corrected chi connectivity index (χ2v) is 7.11. The zero-order chi connectivity index (χ0) is 16.1. The van der Waals surface area contributed by atoms with Gasteiger partial charge in [0.15, 0.2) is 0 Å². The minimum absolute atomic E-state index is 0.0733. The second-order valence-electron chi connectivity index (χ2n) is 7.11. The highest BCUT2D eigenvalue weighted by Crippen LogP contribution is 2.33. The van der Waals surface area contributed by atoms with E-state index in [4.69, 9.17) is 0 Å². The highest BCUT2D eigenvalue weighted by atomic mass is 16.3. The molecule has 0 aromatic heterocycles. The Labute approximate surface area is 138 Å². The van der Waals surface area contributed by atoms with Crippen molar-refractivity contribution in [3.63, 3.8) is 0 Å². The van der Waals surface area contributed by atoms with Gasteiger partial charge in [0, 0.05) is 38.1 Å². The molecule has 1 saturated heterocycles. The van der Waals surface area contributed by atoms with Crippen molar-refractivity contribution < 1.29 is 9.90 Å². The van der Waals surface area contributed by atoms with E-state index in [1.807, 2.05) is 6.07 Å². The highest BCUT2D eigenvalue weighted by molar-refractivity contribution is 5.76. The van der Waals surface area contributed by atoms with Gasteiger partial charge in [0.05, 0.1) is 0 Å². The van der Waals surface area contributed by atoms with Crippen molar-refractivity contribution in [2.45, 2.75) is 44.7 Å². The first kappa shape index (κ1) is 16.5. The number of benzene rings is 1. The highest BCUT2D eigenvalue weighted by Gasteiger charge is 2.30. The number of carbonyl (C=O) groups excluding carboxylic acids is 1. The second kappa shape index (κ2) is 7.93. The molecule has 2 N–H and O–H groups in total. The molecule has 1 aromatic rings. The SMILES string of the molecule is O=C(CCC1CC1)NC1CN(Cc2ccccc2)CCC1CO. The third-order valence-electron chi connectivity index (χ3n) is 5.15. The number of aliphatic hydroxyl groups is 1. The zero-order valence-corrected chi connectivity index (χ0v) is 13.8. The first-order valence-electron chi connectivity index (χ1n) is 8.91. The van der Waals surface area contributed by atoms with Gasteiger partial charge in [-0.05, 0) is 30.9 Å². The Kier molecular flexibility index (Phi) is 5.68. The molecule has 126 valence electrons. The molecule has 4 heteroatoms. The van der Waals surface area contributed by atoms with Crippen LogP contribution >= 0.6 is 0 Å². The summed E-state index contributed by atoms with van der Waals surface area (Å²) in [6, 6.07) is 10.5. The predicted octanol–water partition coefficient (Wildman–Crippen LogP) is 2.18. The van der Waals surface area contributed by atoms with Crippen LogP contribution in [0.2, 0.25) is 0 Å². The van der Waals surface area contributed by atoms with Crippen LogP contribution in [0.1, 0.15) is 37.7 Å². The summed E-state index contributed by atoms with van der Waals surface area (Å²) in [5, 5.41) is 12.8. The van der Waals surface area contributed by atoms with E-state index in [0.29, 0.717) is 6.42 Å². The fraction of sp³-hybridized carbons (Fsp3) is 0.632. The number of carbonyl (C=O) groups is 1. The molecule has 0 bridgehead atoms. The van der Waals surface area contributed by atoms with E-state index in [9.17, 15) is 9.90 Å². The molecule has 2 unspecified atom stereocenters. The summed E-state index contributed by atoms with van der Waals surface area (Å²) in [6.07, 6.45) is 5.19. The Morgan fingerprint density at radius 1 is 1.22 bits per heavy atom. The topological polar surface area (TPSA) is 52.6 Å². The predicted molar refractivity (Wildman–Crippen MR) is 90.8 cm³/mol. The third kappa shape index (κ3) is 5.05. The molecule has 3 rings (SSSR count). The molecule has 1 aliphatic carbocycles. The molecule has 0 spiro atoms. The number of piperidine rings is 1. The molecule has 0 radical (unpaired) electrons. The fourth-order valence-electron chi connectivity index (χ4n) is 3.46. The van der Waals surface area contributed by atoms with Crippen molar-refractivity contribution in [2.24, 2.45) is 11.8 Å². The maximum absolute atomic E-state index is 12.2. The number of hydrogen-bond donors (Lipinski definition) is 2. The molecule has 1 amide bonds. The molecular formula is C19H28N2O2. The van der Waals surface area contributed by atoms with Gasteiger partial charge in [0.2, 0.25) is 5.91 Å². The van der Waals surface area contributed by atoms with Crippen LogP contribution < -0.4 is 5.32 Å². The summed E-state index contributed by atoms with van der Waals surface area (Å²) in [7, 11) is 0. The average Bonchev–Trinajstić information content (AvgIpc) is 3.39. The quantitative estimate of drug-likeness (QED) is 0.811. The number of nitrogens with one attached hydrogen (secondary N) is 1. The Morgan fingerprint density at radius 3 is 2.70 bits per heavy atom. The summed E-state index contributed by atoms with van der Waals surface area (Å²) >= 11 is 0. The molecule has 1 saturated carbocycles. The van der Waals surface area contributed by atoms with Crippen molar-refractivity contribution in [3.05, 3.63) is 35.9 Å². The van der Waals surface area contributed by atoms with Crippen LogP contribution in [0.4, 0.5) is 0 Å². The first-order valence-corrected chi connectivity index (χ1v) is 8.91. The smallest absolute Gasteiger partial charge is 0.220 e. The van der Waals surface area contributed by atoms with E-state index in [2.05, 4.69) is 34.5 Å². The van der Waals surface area contributed by atoms with Crippen LogP contribution in [0.3, 0.4) is 0 Å². The Morgan fingerprint density at radius 2 is 2.00 bits per heavy atom. The lowest BCUT2D eigenvalue weighted by Gasteiger charge is -2.38. The molecule has 2 atom stereocenters. The van der Waals surface area contributed by atoms with Crippen molar-refractivity contribution >= 4 is 5.91 Å². The van der Waals surface area contributed by atoms with Crippen molar-refractivity contribution in [1.82, 2.24) is 10.2 Å². The van der Waals surface area contributed by atoms with Crippen molar-refractivity contribution in [1.29, 1.82) is 0 Å². The Balaban J connectivity index is 1.51. The first-order chi connectivity index (χ1) is 11.2. The molecule has 4 nitrogen and oxygen atoms in total. The van der Waals surface area contributed by atoms with E-state index in [0.717, 1.165) is 38.4 Å². The molecule has 1 heterocycles. The van der Waals surface area contributed by atoms with E-state index >= 15 is 0 Å². The van der Waals surface area contributed by atoms with Gasteiger partial charge in [-0.25, -0.2) is 0 Å². The maximum Gasteiger partial charge on any atom is 0.220 e. The molecule has 1 aromatic carbocycles. The van der Waals surface area contributed by atoms with Gasteiger partial charge >= 0.3 is 0 Å². The van der Waals surface area contributed by atoms with E-state index in [-0.39, 0.29) is 24.5 Å². The van der Waals surface area contributed by atoms with Crippen LogP contribution in [0, 0.1) is 11.8 Å². The summed E-state index contributed by atoms with van der Waals surface area (Å²) < 4.78 is 0. The van der Waals surface area contributed by atoms with Gasteiger partial charge in [0.1, 0.15) is 0 Å². The third-order valence-corrected chi connectivity index (χ3v) is 5.15. The van der Waals surface area contributed by atoms with Crippen LogP contribution in [-0.4, -0.2) is 41.7 Å². The van der Waals surface area contributed by atoms with Crippen molar-refractivity contribution in [2.75, 3.05) is 19.7 Å². The largest absolute Gasteiger partial charge is 0.396 e. The molecule has 1 aliphatic heterocycles. The number of likely N-dealkylation sites (tertiary alicyclic amines) is 1. The van der Waals surface area contributed by atoms with Gasteiger partial charge in [-0.3, -0.25) is 9.69 Å². The normalized spacial score (nSPS) is 25.3. The summed E-state index contributed by atoms with van der Waals surface area (Å²) in [5.41, 5.74) is 1.30. The maximum atomic E-state index is 12.2. The minimum Gasteiger partial charge on any atom is -0.396 e. The van der Waals surface area contributed by atoms with Gasteiger partial charge in [-0.1, -0.05) is 43.2 Å². The van der Waals surface area contributed by atoms with Gasteiger partial charge < -0.3 is 10.4 Å².